The lowest BCUT2D eigenvalue weighted by Gasteiger charge is -2.35. The monoisotopic (exact) mass is 377 g/mol. The second kappa shape index (κ2) is 7.74. The molecule has 0 unspecified atom stereocenters. The number of nitrogens with zero attached hydrogens (tertiary/aromatic N) is 3. The van der Waals surface area contributed by atoms with E-state index >= 15 is 0 Å². The first-order valence-corrected chi connectivity index (χ1v) is 8.64. The molecule has 1 aliphatic rings. The first-order valence-electron chi connectivity index (χ1n) is 8.27. The van der Waals surface area contributed by atoms with Crippen molar-refractivity contribution in [1.82, 2.24) is 25.4 Å². The molecule has 0 aliphatic heterocycles. The Kier molecular flexibility index (Phi) is 5.41. The van der Waals surface area contributed by atoms with Crippen LogP contribution in [-0.4, -0.2) is 45.3 Å². The fraction of sp³-hybridized carbons (Fsp3) is 0.412. The molecule has 2 N–H and O–H groups in total. The third kappa shape index (κ3) is 4.51. The Bertz CT molecular complexity index is 797. The first-order chi connectivity index (χ1) is 12.4. The molecular formula is C17H20ClN5O3. The van der Waals surface area contributed by atoms with Gasteiger partial charge in [0.15, 0.2) is 6.61 Å². The Labute approximate surface area is 155 Å². The second-order valence-corrected chi connectivity index (χ2v) is 6.69. The average molecular weight is 378 g/mol. The molecule has 1 aliphatic carbocycles. The Balaban J connectivity index is 1.37. The number of halogens is 1. The van der Waals surface area contributed by atoms with Crippen LogP contribution in [-0.2, 0) is 11.8 Å². The van der Waals surface area contributed by atoms with Crippen molar-refractivity contribution in [2.45, 2.75) is 31.8 Å². The van der Waals surface area contributed by atoms with Crippen molar-refractivity contribution in [2.24, 2.45) is 7.05 Å². The predicted molar refractivity (Wildman–Crippen MR) is 95.1 cm³/mol. The van der Waals surface area contributed by atoms with Gasteiger partial charge in [-0.05, 0) is 38.0 Å². The van der Waals surface area contributed by atoms with Crippen molar-refractivity contribution >= 4 is 23.4 Å². The molecule has 26 heavy (non-hydrogen) atoms. The average Bonchev–Trinajstić information content (AvgIpc) is 2.90. The van der Waals surface area contributed by atoms with E-state index in [1.165, 1.54) is 0 Å². The summed E-state index contributed by atoms with van der Waals surface area (Å²) in [6.07, 6.45) is 1.33. The molecule has 0 radical (unpaired) electrons. The molecule has 9 heteroatoms. The van der Waals surface area contributed by atoms with E-state index in [1.54, 1.807) is 42.9 Å². The lowest BCUT2D eigenvalue weighted by molar-refractivity contribution is -0.124. The van der Waals surface area contributed by atoms with Crippen molar-refractivity contribution in [3.8, 4) is 5.75 Å². The number of aryl methyl sites for hydroxylation is 2. The molecule has 1 heterocycles. The van der Waals surface area contributed by atoms with E-state index in [0.29, 0.717) is 29.4 Å². The highest BCUT2D eigenvalue weighted by molar-refractivity contribution is 6.30. The van der Waals surface area contributed by atoms with Gasteiger partial charge in [-0.25, -0.2) is 4.98 Å². The Morgan fingerprint density at radius 2 is 2.04 bits per heavy atom. The lowest BCUT2D eigenvalue weighted by Crippen LogP contribution is -2.54. The molecule has 3 rings (SSSR count). The summed E-state index contributed by atoms with van der Waals surface area (Å²) in [6.45, 7) is 1.70. The van der Waals surface area contributed by atoms with Gasteiger partial charge in [0.2, 0.25) is 5.82 Å². The minimum absolute atomic E-state index is 0.00533. The molecule has 8 nitrogen and oxygen atoms in total. The molecule has 1 fully saturated rings. The van der Waals surface area contributed by atoms with E-state index in [2.05, 4.69) is 20.7 Å². The van der Waals surface area contributed by atoms with Crippen LogP contribution in [0.3, 0.4) is 0 Å². The van der Waals surface area contributed by atoms with Crippen molar-refractivity contribution < 1.29 is 14.3 Å². The molecule has 1 aromatic heterocycles. The van der Waals surface area contributed by atoms with Crippen molar-refractivity contribution in [2.75, 3.05) is 6.61 Å². The third-order valence-corrected chi connectivity index (χ3v) is 4.42. The van der Waals surface area contributed by atoms with E-state index in [9.17, 15) is 9.59 Å². The number of nitrogens with one attached hydrogen (secondary N) is 2. The van der Waals surface area contributed by atoms with E-state index in [4.69, 9.17) is 16.3 Å². The van der Waals surface area contributed by atoms with Crippen LogP contribution in [0.2, 0.25) is 5.02 Å². The molecular weight excluding hydrogens is 358 g/mol. The normalized spacial score (nSPS) is 18.7. The highest BCUT2D eigenvalue weighted by Crippen LogP contribution is 2.20. The summed E-state index contributed by atoms with van der Waals surface area (Å²) in [5.41, 5.74) is 0. The maximum Gasteiger partial charge on any atom is 0.291 e. The summed E-state index contributed by atoms with van der Waals surface area (Å²) < 4.78 is 6.95. The van der Waals surface area contributed by atoms with E-state index < -0.39 is 0 Å². The van der Waals surface area contributed by atoms with Crippen molar-refractivity contribution in [3.05, 3.63) is 40.9 Å². The lowest BCUT2D eigenvalue weighted by atomic mass is 9.86. The first kappa shape index (κ1) is 18.2. The highest BCUT2D eigenvalue weighted by atomic mass is 35.5. The molecule has 0 saturated heterocycles. The van der Waals surface area contributed by atoms with Gasteiger partial charge in [0, 0.05) is 24.2 Å². The second-order valence-electron chi connectivity index (χ2n) is 6.26. The molecule has 0 spiro atoms. The summed E-state index contributed by atoms with van der Waals surface area (Å²) in [7, 11) is 1.74. The smallest absolute Gasteiger partial charge is 0.291 e. The van der Waals surface area contributed by atoms with Crippen molar-refractivity contribution in [3.63, 3.8) is 0 Å². The standard InChI is InChI=1S/C17H20ClN5O3/c1-10-19-16(22-23(10)2)17(25)21-13-7-12(8-13)20-15(24)9-26-14-5-3-4-11(18)6-14/h3-6,12-13H,7-9H2,1-2H3,(H,20,24)(H,21,25). The number of hydrogen-bond acceptors (Lipinski definition) is 5. The van der Waals surface area contributed by atoms with Crippen LogP contribution in [0.25, 0.3) is 0 Å². The van der Waals surface area contributed by atoms with Crippen LogP contribution in [0.15, 0.2) is 24.3 Å². The van der Waals surface area contributed by atoms with Gasteiger partial charge >= 0.3 is 0 Å². The number of carbonyl (C=O) groups excluding carboxylic acids is 2. The van der Waals surface area contributed by atoms with Crippen LogP contribution in [0.4, 0.5) is 0 Å². The van der Waals surface area contributed by atoms with E-state index in [0.717, 1.165) is 0 Å². The number of amides is 2. The molecule has 138 valence electrons. The molecule has 1 aromatic carbocycles. The van der Waals surface area contributed by atoms with Gasteiger partial charge in [-0.3, -0.25) is 14.3 Å². The van der Waals surface area contributed by atoms with E-state index in [-0.39, 0.29) is 36.3 Å². The number of rotatable bonds is 6. The van der Waals surface area contributed by atoms with Gasteiger partial charge < -0.3 is 15.4 Å². The molecule has 0 bridgehead atoms. The van der Waals surface area contributed by atoms with Crippen LogP contribution in [0.5, 0.6) is 5.75 Å². The molecule has 0 atom stereocenters. The van der Waals surface area contributed by atoms with Gasteiger partial charge in [0.25, 0.3) is 11.8 Å². The van der Waals surface area contributed by atoms with Crippen LogP contribution in [0, 0.1) is 6.92 Å². The van der Waals surface area contributed by atoms with Gasteiger partial charge in [-0.15, -0.1) is 5.10 Å². The predicted octanol–water partition coefficient (Wildman–Crippen LogP) is 1.23. The van der Waals surface area contributed by atoms with Crippen molar-refractivity contribution in [1.29, 1.82) is 0 Å². The van der Waals surface area contributed by atoms with Crippen LogP contribution >= 0.6 is 11.6 Å². The Morgan fingerprint density at radius 3 is 2.69 bits per heavy atom. The van der Waals surface area contributed by atoms with Gasteiger partial charge in [0.1, 0.15) is 11.6 Å². The summed E-state index contributed by atoms with van der Waals surface area (Å²) >= 11 is 5.86. The number of ether oxygens (including phenoxy) is 1. The minimum Gasteiger partial charge on any atom is -0.484 e. The number of aromatic nitrogens is 3. The number of carbonyl (C=O) groups is 2. The van der Waals surface area contributed by atoms with Gasteiger partial charge in [0.05, 0.1) is 0 Å². The maximum absolute atomic E-state index is 12.1. The topological polar surface area (TPSA) is 98.1 Å². The quantitative estimate of drug-likeness (QED) is 0.789. The van der Waals surface area contributed by atoms with Gasteiger partial charge in [-0.1, -0.05) is 17.7 Å². The van der Waals surface area contributed by atoms with Gasteiger partial charge in [-0.2, -0.15) is 0 Å². The summed E-state index contributed by atoms with van der Waals surface area (Å²) in [6, 6.07) is 6.91. The summed E-state index contributed by atoms with van der Waals surface area (Å²) in [4.78, 5) is 28.1. The fourth-order valence-electron chi connectivity index (χ4n) is 2.64. The summed E-state index contributed by atoms with van der Waals surface area (Å²) in [5, 5.41) is 10.3. The highest BCUT2D eigenvalue weighted by Gasteiger charge is 2.32. The molecule has 2 aromatic rings. The largest absolute Gasteiger partial charge is 0.484 e. The zero-order chi connectivity index (χ0) is 18.7. The number of benzene rings is 1. The van der Waals surface area contributed by atoms with E-state index in [1.807, 2.05) is 0 Å². The SMILES string of the molecule is Cc1nc(C(=O)NC2CC(NC(=O)COc3cccc(Cl)c3)C2)nn1C. The minimum atomic E-state index is -0.298. The molecule has 1 saturated carbocycles. The summed E-state index contributed by atoms with van der Waals surface area (Å²) in [5.74, 6) is 0.875. The van der Waals surface area contributed by atoms with Crippen LogP contribution < -0.4 is 15.4 Å². The van der Waals surface area contributed by atoms with Crippen LogP contribution in [0.1, 0.15) is 29.3 Å². The number of hydrogen-bond donors (Lipinski definition) is 2. The Hall–Kier alpha value is -2.61. The zero-order valence-electron chi connectivity index (χ0n) is 14.5. The molecule has 2 amide bonds. The zero-order valence-corrected chi connectivity index (χ0v) is 15.3. The Morgan fingerprint density at radius 1 is 1.31 bits per heavy atom. The maximum atomic E-state index is 12.1. The third-order valence-electron chi connectivity index (χ3n) is 4.19. The fourth-order valence-corrected chi connectivity index (χ4v) is 2.82.